The standard InChI is InChI=1S/C15H16N2OS/c1-9-13(11-5-3-4-6-12(11)18-2)16-14(10-7-8-10)17-15(9)19/h3-6,10H,7-8H2,1-2H3,(H,16,17,19). The van der Waals surface area contributed by atoms with Gasteiger partial charge in [-0.1, -0.05) is 24.4 Å². The van der Waals surface area contributed by atoms with Crippen molar-refractivity contribution in [3.63, 3.8) is 0 Å². The van der Waals surface area contributed by atoms with Crippen molar-refractivity contribution in [2.45, 2.75) is 25.7 Å². The Morgan fingerprint density at radius 3 is 2.74 bits per heavy atom. The molecule has 0 saturated heterocycles. The summed E-state index contributed by atoms with van der Waals surface area (Å²) in [5, 5.41) is 0. The second kappa shape index (κ2) is 4.78. The van der Waals surface area contributed by atoms with Crippen LogP contribution in [0.3, 0.4) is 0 Å². The van der Waals surface area contributed by atoms with E-state index in [4.69, 9.17) is 17.0 Å². The van der Waals surface area contributed by atoms with E-state index in [2.05, 4.69) is 9.97 Å². The molecule has 1 aromatic heterocycles. The molecule has 4 heteroatoms. The lowest BCUT2D eigenvalue weighted by molar-refractivity contribution is 0.416. The van der Waals surface area contributed by atoms with E-state index in [9.17, 15) is 0 Å². The summed E-state index contributed by atoms with van der Waals surface area (Å²) in [6.07, 6.45) is 2.40. The van der Waals surface area contributed by atoms with Gasteiger partial charge in [0, 0.05) is 17.0 Å². The Kier molecular flexibility index (Phi) is 3.11. The predicted molar refractivity (Wildman–Crippen MR) is 78.1 cm³/mol. The highest BCUT2D eigenvalue weighted by Gasteiger charge is 2.27. The third-order valence-electron chi connectivity index (χ3n) is 3.51. The van der Waals surface area contributed by atoms with Crippen LogP contribution >= 0.6 is 12.2 Å². The van der Waals surface area contributed by atoms with Gasteiger partial charge in [0.25, 0.3) is 0 Å². The van der Waals surface area contributed by atoms with E-state index < -0.39 is 0 Å². The van der Waals surface area contributed by atoms with Crippen LogP contribution in [0.2, 0.25) is 0 Å². The van der Waals surface area contributed by atoms with E-state index in [0.29, 0.717) is 10.6 Å². The molecule has 19 heavy (non-hydrogen) atoms. The Balaban J connectivity index is 2.20. The lowest BCUT2D eigenvalue weighted by atomic mass is 10.1. The summed E-state index contributed by atoms with van der Waals surface area (Å²) in [7, 11) is 1.69. The van der Waals surface area contributed by atoms with Crippen LogP contribution in [0.15, 0.2) is 24.3 Å². The van der Waals surface area contributed by atoms with Crippen LogP contribution in [-0.2, 0) is 0 Å². The van der Waals surface area contributed by atoms with E-state index in [1.54, 1.807) is 7.11 Å². The Labute approximate surface area is 117 Å². The smallest absolute Gasteiger partial charge is 0.133 e. The fourth-order valence-electron chi connectivity index (χ4n) is 2.22. The molecule has 1 saturated carbocycles. The minimum absolute atomic E-state index is 0.552. The maximum Gasteiger partial charge on any atom is 0.133 e. The summed E-state index contributed by atoms with van der Waals surface area (Å²) in [5.41, 5.74) is 3.07. The monoisotopic (exact) mass is 272 g/mol. The molecule has 1 aliphatic carbocycles. The molecule has 0 spiro atoms. The van der Waals surface area contributed by atoms with Gasteiger partial charge >= 0.3 is 0 Å². The van der Waals surface area contributed by atoms with Gasteiger partial charge in [0.1, 0.15) is 16.2 Å². The van der Waals surface area contributed by atoms with Gasteiger partial charge in [-0.15, -0.1) is 0 Å². The number of hydrogen-bond donors (Lipinski definition) is 1. The number of para-hydroxylation sites is 1. The fraction of sp³-hybridized carbons (Fsp3) is 0.333. The van der Waals surface area contributed by atoms with Crippen LogP contribution in [0.1, 0.15) is 30.1 Å². The lowest BCUT2D eigenvalue weighted by Gasteiger charge is -2.12. The number of hydrogen-bond acceptors (Lipinski definition) is 3. The first-order valence-electron chi connectivity index (χ1n) is 6.45. The number of H-pyrrole nitrogens is 1. The SMILES string of the molecule is COc1ccccc1-c1[nH]c(C2CC2)nc(=S)c1C. The van der Waals surface area contributed by atoms with Gasteiger partial charge in [-0.05, 0) is 31.9 Å². The number of nitrogens with zero attached hydrogens (tertiary/aromatic N) is 1. The highest BCUT2D eigenvalue weighted by atomic mass is 32.1. The quantitative estimate of drug-likeness (QED) is 0.858. The first kappa shape index (κ1) is 12.4. The summed E-state index contributed by atoms with van der Waals surface area (Å²) in [4.78, 5) is 7.94. The number of aromatic nitrogens is 2. The highest BCUT2D eigenvalue weighted by molar-refractivity contribution is 7.71. The molecule has 0 unspecified atom stereocenters. The minimum Gasteiger partial charge on any atom is -0.496 e. The van der Waals surface area contributed by atoms with E-state index >= 15 is 0 Å². The summed E-state index contributed by atoms with van der Waals surface area (Å²) < 4.78 is 6.12. The molecule has 0 amide bonds. The van der Waals surface area contributed by atoms with Gasteiger partial charge in [-0.25, -0.2) is 4.98 Å². The average molecular weight is 272 g/mol. The minimum atomic E-state index is 0.552. The number of aromatic amines is 1. The summed E-state index contributed by atoms with van der Waals surface area (Å²) >= 11 is 5.38. The van der Waals surface area contributed by atoms with Crippen LogP contribution in [0.4, 0.5) is 0 Å². The molecule has 0 aliphatic heterocycles. The van der Waals surface area contributed by atoms with Crippen LogP contribution in [0.5, 0.6) is 5.75 Å². The van der Waals surface area contributed by atoms with Gasteiger partial charge in [0.15, 0.2) is 0 Å². The van der Waals surface area contributed by atoms with Crippen molar-refractivity contribution in [3.05, 3.63) is 40.3 Å². The van der Waals surface area contributed by atoms with E-state index in [0.717, 1.165) is 28.4 Å². The summed E-state index contributed by atoms with van der Waals surface area (Å²) in [6, 6.07) is 7.98. The molecule has 0 atom stereocenters. The maximum absolute atomic E-state index is 5.44. The third-order valence-corrected chi connectivity index (χ3v) is 3.91. The van der Waals surface area contributed by atoms with Gasteiger partial charge in [0.2, 0.25) is 0 Å². The maximum atomic E-state index is 5.44. The second-order valence-corrected chi connectivity index (χ2v) is 5.29. The predicted octanol–water partition coefficient (Wildman–Crippen LogP) is 4.00. The first-order valence-corrected chi connectivity index (χ1v) is 6.85. The Bertz CT molecular complexity index is 674. The van der Waals surface area contributed by atoms with Crippen LogP contribution in [-0.4, -0.2) is 17.1 Å². The van der Waals surface area contributed by atoms with Crippen LogP contribution in [0.25, 0.3) is 11.3 Å². The largest absolute Gasteiger partial charge is 0.496 e. The number of methoxy groups -OCH3 is 1. The molecule has 2 aromatic rings. The van der Waals surface area contributed by atoms with E-state index in [1.807, 2.05) is 31.2 Å². The molecule has 1 N–H and O–H groups in total. The molecule has 1 heterocycles. The van der Waals surface area contributed by atoms with Gasteiger partial charge in [0.05, 0.1) is 12.8 Å². The normalized spacial score (nSPS) is 14.4. The Hall–Kier alpha value is -1.68. The number of rotatable bonds is 3. The van der Waals surface area contributed by atoms with Gasteiger partial charge in [-0.3, -0.25) is 0 Å². The number of benzene rings is 1. The van der Waals surface area contributed by atoms with Crippen LogP contribution < -0.4 is 4.74 Å². The molecule has 0 bridgehead atoms. The van der Waals surface area contributed by atoms with Crippen molar-refractivity contribution in [3.8, 4) is 17.0 Å². The molecule has 3 rings (SSSR count). The van der Waals surface area contributed by atoms with Gasteiger partial charge < -0.3 is 9.72 Å². The average Bonchev–Trinajstić information content (AvgIpc) is 3.26. The van der Waals surface area contributed by atoms with Crippen molar-refractivity contribution in [2.24, 2.45) is 0 Å². The zero-order chi connectivity index (χ0) is 13.4. The molecule has 3 nitrogen and oxygen atoms in total. The molecule has 98 valence electrons. The zero-order valence-corrected chi connectivity index (χ0v) is 11.9. The van der Waals surface area contributed by atoms with Crippen molar-refractivity contribution in [1.82, 2.24) is 9.97 Å². The zero-order valence-electron chi connectivity index (χ0n) is 11.1. The van der Waals surface area contributed by atoms with Gasteiger partial charge in [-0.2, -0.15) is 0 Å². The van der Waals surface area contributed by atoms with Crippen molar-refractivity contribution in [1.29, 1.82) is 0 Å². The van der Waals surface area contributed by atoms with Crippen molar-refractivity contribution >= 4 is 12.2 Å². The van der Waals surface area contributed by atoms with Crippen molar-refractivity contribution in [2.75, 3.05) is 7.11 Å². The molecule has 1 fully saturated rings. The molecular weight excluding hydrogens is 256 g/mol. The van der Waals surface area contributed by atoms with E-state index in [1.165, 1.54) is 12.8 Å². The molecule has 0 radical (unpaired) electrons. The fourth-order valence-corrected chi connectivity index (χ4v) is 2.42. The lowest BCUT2D eigenvalue weighted by Crippen LogP contribution is -2.00. The summed E-state index contributed by atoms with van der Waals surface area (Å²) in [5.74, 6) is 2.41. The molecule has 1 aromatic carbocycles. The Morgan fingerprint density at radius 2 is 2.05 bits per heavy atom. The first-order chi connectivity index (χ1) is 9.20. The molecular formula is C15H16N2OS. The summed E-state index contributed by atoms with van der Waals surface area (Å²) in [6.45, 7) is 2.00. The number of ether oxygens (including phenoxy) is 1. The second-order valence-electron chi connectivity index (χ2n) is 4.90. The highest BCUT2D eigenvalue weighted by Crippen LogP contribution is 2.39. The topological polar surface area (TPSA) is 37.9 Å². The third kappa shape index (κ3) is 2.28. The van der Waals surface area contributed by atoms with Crippen LogP contribution in [0, 0.1) is 11.6 Å². The van der Waals surface area contributed by atoms with Crippen molar-refractivity contribution < 1.29 is 4.74 Å². The molecule has 1 aliphatic rings. The van der Waals surface area contributed by atoms with E-state index in [-0.39, 0.29) is 0 Å². The number of nitrogens with one attached hydrogen (secondary N) is 1. The Morgan fingerprint density at radius 1 is 1.32 bits per heavy atom.